The molecule has 0 bridgehead atoms. The van der Waals surface area contributed by atoms with Gasteiger partial charge in [0.05, 0.1) is 18.8 Å². The van der Waals surface area contributed by atoms with Gasteiger partial charge in [0.1, 0.15) is 5.82 Å². The average Bonchev–Trinajstić information content (AvgIpc) is 3.33. The Morgan fingerprint density at radius 3 is 2.64 bits per heavy atom. The zero-order chi connectivity index (χ0) is 14.9. The van der Waals surface area contributed by atoms with E-state index < -0.39 is 0 Å². The van der Waals surface area contributed by atoms with E-state index in [2.05, 4.69) is 20.0 Å². The minimum atomic E-state index is 0.00856. The van der Waals surface area contributed by atoms with Crippen LogP contribution in [0.25, 0.3) is 0 Å². The van der Waals surface area contributed by atoms with Gasteiger partial charge in [0.15, 0.2) is 0 Å². The van der Waals surface area contributed by atoms with Crippen molar-refractivity contribution >= 4 is 0 Å². The summed E-state index contributed by atoms with van der Waals surface area (Å²) >= 11 is 0. The number of likely N-dealkylation sites (tertiary alicyclic amines) is 1. The van der Waals surface area contributed by atoms with Crippen molar-refractivity contribution in [1.82, 2.24) is 24.6 Å². The highest BCUT2D eigenvalue weighted by Crippen LogP contribution is 2.38. The first-order valence-corrected chi connectivity index (χ1v) is 7.84. The quantitative estimate of drug-likeness (QED) is 0.825. The smallest absolute Gasteiger partial charge is 0.266 e. The lowest BCUT2D eigenvalue weighted by Gasteiger charge is -2.38. The first-order valence-electron chi connectivity index (χ1n) is 7.84. The average molecular weight is 297 g/mol. The van der Waals surface area contributed by atoms with Gasteiger partial charge in [0.2, 0.25) is 0 Å². The maximum atomic E-state index is 11.9. The molecule has 1 saturated heterocycles. The normalized spacial score (nSPS) is 19.1. The van der Waals surface area contributed by atoms with Crippen molar-refractivity contribution in [2.75, 3.05) is 13.1 Å². The van der Waals surface area contributed by atoms with E-state index in [1.165, 1.54) is 12.8 Å². The monoisotopic (exact) mass is 297 g/mol. The second-order valence-electron chi connectivity index (χ2n) is 6.28. The lowest BCUT2D eigenvalue weighted by Crippen LogP contribution is -2.49. The molecule has 1 aliphatic heterocycles. The third-order valence-corrected chi connectivity index (χ3v) is 4.33. The fraction of sp³-hybridized carbons (Fsp3) is 0.500. The molecule has 0 aromatic carbocycles. The molecule has 114 valence electrons. The summed E-state index contributed by atoms with van der Waals surface area (Å²) in [5.74, 6) is 1.93. The summed E-state index contributed by atoms with van der Waals surface area (Å²) in [6.45, 7) is 3.44. The molecule has 1 saturated carbocycles. The van der Waals surface area contributed by atoms with Gasteiger partial charge in [0.25, 0.3) is 5.56 Å². The van der Waals surface area contributed by atoms with Crippen molar-refractivity contribution in [3.8, 4) is 0 Å². The molecular formula is C16H19N5O. The van der Waals surface area contributed by atoms with Crippen molar-refractivity contribution in [2.45, 2.75) is 31.8 Å². The molecule has 2 aromatic rings. The molecule has 0 unspecified atom stereocenters. The Kier molecular flexibility index (Phi) is 3.46. The highest BCUT2D eigenvalue weighted by Gasteiger charge is 2.29. The van der Waals surface area contributed by atoms with Gasteiger partial charge in [-0.3, -0.25) is 9.69 Å². The maximum Gasteiger partial charge on any atom is 0.266 e. The van der Waals surface area contributed by atoms with Crippen LogP contribution >= 0.6 is 0 Å². The molecule has 1 aliphatic carbocycles. The summed E-state index contributed by atoms with van der Waals surface area (Å²) < 4.78 is 1.65. The van der Waals surface area contributed by atoms with Gasteiger partial charge >= 0.3 is 0 Å². The third-order valence-electron chi connectivity index (χ3n) is 4.33. The van der Waals surface area contributed by atoms with Crippen LogP contribution in [-0.2, 0) is 13.1 Å². The molecule has 0 spiro atoms. The zero-order valence-electron chi connectivity index (χ0n) is 12.4. The van der Waals surface area contributed by atoms with Gasteiger partial charge in [-0.25, -0.2) is 14.6 Å². The molecule has 2 aliphatic rings. The van der Waals surface area contributed by atoms with Gasteiger partial charge in [-0.05, 0) is 25.0 Å². The van der Waals surface area contributed by atoms with Gasteiger partial charge < -0.3 is 0 Å². The molecule has 2 aromatic heterocycles. The second-order valence-corrected chi connectivity index (χ2v) is 6.28. The van der Waals surface area contributed by atoms with E-state index in [4.69, 9.17) is 0 Å². The van der Waals surface area contributed by atoms with Crippen molar-refractivity contribution in [3.05, 3.63) is 52.5 Å². The summed E-state index contributed by atoms with van der Waals surface area (Å²) in [6, 6.07) is 5.37. The van der Waals surface area contributed by atoms with Crippen LogP contribution < -0.4 is 5.56 Å². The maximum absolute atomic E-state index is 11.9. The van der Waals surface area contributed by atoms with Gasteiger partial charge in [0, 0.05) is 43.4 Å². The number of aromatic nitrogens is 4. The van der Waals surface area contributed by atoms with E-state index in [-0.39, 0.29) is 5.56 Å². The molecule has 6 heteroatoms. The summed E-state index contributed by atoms with van der Waals surface area (Å²) in [6.07, 6.45) is 5.96. The Bertz CT molecular complexity index is 704. The first-order chi connectivity index (χ1) is 10.8. The highest BCUT2D eigenvalue weighted by atomic mass is 16.1. The predicted molar refractivity (Wildman–Crippen MR) is 81.3 cm³/mol. The SMILES string of the molecule is O=c1ccc(C2CC2)nn1CC1CN(Cc2ncccn2)C1. The van der Waals surface area contributed by atoms with Crippen molar-refractivity contribution < 1.29 is 0 Å². The molecule has 0 amide bonds. The summed E-state index contributed by atoms with van der Waals surface area (Å²) in [5, 5.41) is 4.53. The predicted octanol–water partition coefficient (Wildman–Crippen LogP) is 1.04. The Labute approximate surface area is 128 Å². The zero-order valence-corrected chi connectivity index (χ0v) is 12.4. The molecule has 4 rings (SSSR count). The van der Waals surface area contributed by atoms with E-state index in [1.54, 1.807) is 23.1 Å². The van der Waals surface area contributed by atoms with Crippen LogP contribution in [0.15, 0.2) is 35.4 Å². The van der Waals surface area contributed by atoms with Gasteiger partial charge in [-0.1, -0.05) is 0 Å². The first kappa shape index (κ1) is 13.6. The Balaban J connectivity index is 1.34. The van der Waals surface area contributed by atoms with Crippen LogP contribution in [0.2, 0.25) is 0 Å². The minimum Gasteiger partial charge on any atom is -0.295 e. The third kappa shape index (κ3) is 2.92. The fourth-order valence-corrected chi connectivity index (χ4v) is 2.97. The van der Waals surface area contributed by atoms with E-state index in [1.807, 2.05) is 12.1 Å². The van der Waals surface area contributed by atoms with Crippen LogP contribution in [0.1, 0.15) is 30.3 Å². The fourth-order valence-electron chi connectivity index (χ4n) is 2.97. The molecule has 3 heterocycles. The summed E-state index contributed by atoms with van der Waals surface area (Å²) in [7, 11) is 0. The highest BCUT2D eigenvalue weighted by molar-refractivity contribution is 5.12. The van der Waals surface area contributed by atoms with E-state index in [9.17, 15) is 4.79 Å². The number of hydrogen-bond acceptors (Lipinski definition) is 5. The van der Waals surface area contributed by atoms with Gasteiger partial charge in [-0.15, -0.1) is 0 Å². The van der Waals surface area contributed by atoms with Crippen LogP contribution in [0.4, 0.5) is 0 Å². The standard InChI is InChI=1S/C16H19N5O/c22-16-5-4-14(13-2-3-13)19-21(16)10-12-8-20(9-12)11-15-17-6-1-7-18-15/h1,4-7,12-13H,2-3,8-11H2. The van der Waals surface area contributed by atoms with Crippen LogP contribution in [0.3, 0.4) is 0 Å². The Hall–Kier alpha value is -2.08. The molecule has 2 fully saturated rings. The van der Waals surface area contributed by atoms with E-state index >= 15 is 0 Å². The second kappa shape index (κ2) is 5.61. The van der Waals surface area contributed by atoms with Crippen LogP contribution in [0, 0.1) is 5.92 Å². The molecule has 22 heavy (non-hydrogen) atoms. The summed E-state index contributed by atoms with van der Waals surface area (Å²) in [5.41, 5.74) is 1.09. The van der Waals surface area contributed by atoms with Crippen molar-refractivity contribution in [2.24, 2.45) is 5.92 Å². The largest absolute Gasteiger partial charge is 0.295 e. The number of rotatable bonds is 5. The van der Waals surface area contributed by atoms with Crippen molar-refractivity contribution in [3.63, 3.8) is 0 Å². The topological polar surface area (TPSA) is 63.9 Å². The Morgan fingerprint density at radius 1 is 1.14 bits per heavy atom. The number of hydrogen-bond donors (Lipinski definition) is 0. The van der Waals surface area contributed by atoms with Gasteiger partial charge in [-0.2, -0.15) is 5.10 Å². The van der Waals surface area contributed by atoms with Crippen LogP contribution in [-0.4, -0.2) is 37.7 Å². The molecule has 0 atom stereocenters. The Morgan fingerprint density at radius 2 is 1.91 bits per heavy atom. The lowest BCUT2D eigenvalue weighted by molar-refractivity contribution is 0.0738. The van der Waals surface area contributed by atoms with E-state index in [0.29, 0.717) is 18.4 Å². The molecular weight excluding hydrogens is 278 g/mol. The van der Waals surface area contributed by atoms with Crippen molar-refractivity contribution in [1.29, 1.82) is 0 Å². The minimum absolute atomic E-state index is 0.00856. The molecule has 6 nitrogen and oxygen atoms in total. The number of nitrogens with zero attached hydrogens (tertiary/aromatic N) is 5. The van der Waals surface area contributed by atoms with E-state index in [0.717, 1.165) is 31.2 Å². The summed E-state index contributed by atoms with van der Waals surface area (Å²) in [4.78, 5) is 22.7. The lowest BCUT2D eigenvalue weighted by atomic mass is 10.0. The van der Waals surface area contributed by atoms with Crippen LogP contribution in [0.5, 0.6) is 0 Å². The molecule has 0 N–H and O–H groups in total. The molecule has 0 radical (unpaired) electrons.